The SMILES string of the molecule is CC1COCCN1c1ncnc2[nH]c(-c3ccc(NC(=O)c4cc(CN5CCCC(N)C5)ccn4)cc3)cc12. The summed E-state index contributed by atoms with van der Waals surface area (Å²) in [6, 6.07) is 14.1. The van der Waals surface area contributed by atoms with Gasteiger partial charge in [-0.15, -0.1) is 0 Å². The number of piperidine rings is 1. The highest BCUT2D eigenvalue weighted by Crippen LogP contribution is 2.31. The van der Waals surface area contributed by atoms with E-state index in [1.54, 1.807) is 12.5 Å². The zero-order valence-corrected chi connectivity index (χ0v) is 22.1. The minimum absolute atomic E-state index is 0.221. The third-order valence-corrected chi connectivity index (χ3v) is 7.50. The van der Waals surface area contributed by atoms with E-state index in [0.717, 1.165) is 72.7 Å². The van der Waals surface area contributed by atoms with E-state index in [4.69, 9.17) is 10.5 Å². The summed E-state index contributed by atoms with van der Waals surface area (Å²) < 4.78 is 5.59. The summed E-state index contributed by atoms with van der Waals surface area (Å²) in [5, 5.41) is 3.95. The maximum atomic E-state index is 13.0. The van der Waals surface area contributed by atoms with Crippen molar-refractivity contribution in [2.24, 2.45) is 5.73 Å². The molecule has 2 saturated heterocycles. The highest BCUT2D eigenvalue weighted by molar-refractivity contribution is 6.03. The summed E-state index contributed by atoms with van der Waals surface area (Å²) in [5.74, 6) is 0.685. The van der Waals surface area contributed by atoms with Gasteiger partial charge in [-0.25, -0.2) is 9.97 Å². The van der Waals surface area contributed by atoms with Gasteiger partial charge in [0.1, 0.15) is 23.5 Å². The quantitative estimate of drug-likeness (QED) is 0.349. The second-order valence-corrected chi connectivity index (χ2v) is 10.5. The number of ether oxygens (including phenoxy) is 1. The van der Waals surface area contributed by atoms with Crippen molar-refractivity contribution >= 4 is 28.4 Å². The van der Waals surface area contributed by atoms with Gasteiger partial charge in [0.25, 0.3) is 5.91 Å². The number of rotatable bonds is 6. The van der Waals surface area contributed by atoms with E-state index in [2.05, 4.69) is 48.0 Å². The van der Waals surface area contributed by atoms with Crippen LogP contribution in [-0.4, -0.2) is 75.7 Å². The van der Waals surface area contributed by atoms with Gasteiger partial charge in [0.15, 0.2) is 0 Å². The molecule has 2 atom stereocenters. The molecule has 2 aliphatic heterocycles. The first-order valence-electron chi connectivity index (χ1n) is 13.6. The van der Waals surface area contributed by atoms with Crippen LogP contribution in [0.3, 0.4) is 0 Å². The summed E-state index contributed by atoms with van der Waals surface area (Å²) in [4.78, 5) is 34.3. The van der Waals surface area contributed by atoms with Crippen molar-refractivity contribution in [1.82, 2.24) is 24.8 Å². The monoisotopic (exact) mass is 526 g/mol. The van der Waals surface area contributed by atoms with Gasteiger partial charge in [-0.1, -0.05) is 12.1 Å². The molecule has 0 saturated carbocycles. The van der Waals surface area contributed by atoms with Crippen molar-refractivity contribution in [3.63, 3.8) is 0 Å². The van der Waals surface area contributed by atoms with Crippen LogP contribution in [0, 0.1) is 0 Å². The zero-order valence-electron chi connectivity index (χ0n) is 22.1. The lowest BCUT2D eigenvalue weighted by Gasteiger charge is -2.34. The van der Waals surface area contributed by atoms with Crippen LogP contribution < -0.4 is 16.0 Å². The Morgan fingerprint density at radius 2 is 2.03 bits per heavy atom. The van der Waals surface area contributed by atoms with Gasteiger partial charge >= 0.3 is 0 Å². The van der Waals surface area contributed by atoms with Crippen LogP contribution in [-0.2, 0) is 11.3 Å². The minimum Gasteiger partial charge on any atom is -0.377 e. The highest BCUT2D eigenvalue weighted by atomic mass is 16.5. The number of pyridine rings is 1. The standard InChI is InChI=1S/C29H34N8O2/c1-19-17-39-12-11-37(19)28-24-14-25(35-27(24)32-18-33-28)21-4-6-23(7-5-21)34-29(38)26-13-20(8-9-31-26)15-36-10-2-3-22(30)16-36/h4-9,13-14,18-19,22H,2-3,10-12,15-17,30H2,1H3,(H,34,38)(H,32,33,35). The summed E-state index contributed by atoms with van der Waals surface area (Å²) in [6.45, 7) is 6.99. The Morgan fingerprint density at radius 1 is 1.15 bits per heavy atom. The Kier molecular flexibility index (Phi) is 7.23. The molecule has 2 fully saturated rings. The fourth-order valence-corrected chi connectivity index (χ4v) is 5.47. The molecule has 39 heavy (non-hydrogen) atoms. The molecule has 10 heteroatoms. The predicted octanol–water partition coefficient (Wildman–Crippen LogP) is 3.42. The van der Waals surface area contributed by atoms with Crippen molar-refractivity contribution in [2.75, 3.05) is 43.1 Å². The molecule has 1 aromatic carbocycles. The van der Waals surface area contributed by atoms with Crippen LogP contribution in [0.2, 0.25) is 0 Å². The van der Waals surface area contributed by atoms with E-state index in [-0.39, 0.29) is 18.0 Å². The summed E-state index contributed by atoms with van der Waals surface area (Å²) in [5.41, 5.74) is 11.0. The van der Waals surface area contributed by atoms with E-state index in [1.165, 1.54) is 0 Å². The Bertz CT molecular complexity index is 1450. The molecule has 5 heterocycles. The molecule has 0 radical (unpaired) electrons. The van der Waals surface area contributed by atoms with Gasteiger partial charge in [-0.3, -0.25) is 14.7 Å². The molecule has 4 N–H and O–H groups in total. The maximum absolute atomic E-state index is 13.0. The average molecular weight is 527 g/mol. The third kappa shape index (κ3) is 5.63. The number of morpholine rings is 1. The first kappa shape index (κ1) is 25.4. The van der Waals surface area contributed by atoms with Gasteiger partial charge in [0.05, 0.1) is 24.6 Å². The fraction of sp³-hybridized carbons (Fsp3) is 0.379. The zero-order chi connectivity index (χ0) is 26.8. The van der Waals surface area contributed by atoms with Gasteiger partial charge in [-0.2, -0.15) is 0 Å². The topological polar surface area (TPSA) is 125 Å². The minimum atomic E-state index is -0.231. The number of H-pyrrole nitrogens is 1. The molecule has 0 aliphatic carbocycles. The average Bonchev–Trinajstić information content (AvgIpc) is 3.39. The van der Waals surface area contributed by atoms with Gasteiger partial charge in [0, 0.05) is 43.3 Å². The number of aromatic amines is 1. The number of fused-ring (bicyclic) bond motifs is 1. The lowest BCUT2D eigenvalue weighted by atomic mass is 10.1. The summed E-state index contributed by atoms with van der Waals surface area (Å²) in [6.07, 6.45) is 5.48. The number of likely N-dealkylation sites (tertiary alicyclic amines) is 1. The normalized spacial score (nSPS) is 20.3. The maximum Gasteiger partial charge on any atom is 0.274 e. The van der Waals surface area contributed by atoms with Crippen LogP contribution in [0.15, 0.2) is 55.0 Å². The van der Waals surface area contributed by atoms with E-state index in [0.29, 0.717) is 24.6 Å². The number of hydrogen-bond donors (Lipinski definition) is 3. The van der Waals surface area contributed by atoms with Crippen LogP contribution in [0.1, 0.15) is 35.8 Å². The molecule has 1 amide bonds. The first-order valence-corrected chi connectivity index (χ1v) is 13.6. The molecule has 202 valence electrons. The van der Waals surface area contributed by atoms with E-state index >= 15 is 0 Å². The molecule has 0 bridgehead atoms. The van der Waals surface area contributed by atoms with Crippen LogP contribution >= 0.6 is 0 Å². The predicted molar refractivity (Wildman–Crippen MR) is 152 cm³/mol. The van der Waals surface area contributed by atoms with Crippen LogP contribution in [0.4, 0.5) is 11.5 Å². The molecule has 3 aromatic heterocycles. The smallest absolute Gasteiger partial charge is 0.274 e. The largest absolute Gasteiger partial charge is 0.377 e. The molecular weight excluding hydrogens is 492 g/mol. The molecule has 0 spiro atoms. The Balaban J connectivity index is 1.15. The van der Waals surface area contributed by atoms with Crippen molar-refractivity contribution in [3.8, 4) is 11.3 Å². The molecule has 2 unspecified atom stereocenters. The number of amides is 1. The number of carbonyl (C=O) groups is 1. The van der Waals surface area contributed by atoms with Crippen molar-refractivity contribution in [1.29, 1.82) is 0 Å². The number of hydrogen-bond acceptors (Lipinski definition) is 8. The second-order valence-electron chi connectivity index (χ2n) is 10.5. The molecule has 6 rings (SSSR count). The third-order valence-electron chi connectivity index (χ3n) is 7.50. The number of nitrogens with two attached hydrogens (primary N) is 1. The number of nitrogens with one attached hydrogen (secondary N) is 2. The highest BCUT2D eigenvalue weighted by Gasteiger charge is 2.23. The summed E-state index contributed by atoms with van der Waals surface area (Å²) >= 11 is 0. The Hall–Kier alpha value is -3.86. The van der Waals surface area contributed by atoms with E-state index < -0.39 is 0 Å². The fourth-order valence-electron chi connectivity index (χ4n) is 5.47. The molecule has 2 aliphatic rings. The molecular formula is C29H34N8O2. The van der Waals surface area contributed by atoms with E-state index in [1.807, 2.05) is 36.4 Å². The molecule has 10 nitrogen and oxygen atoms in total. The number of benzene rings is 1. The van der Waals surface area contributed by atoms with Gasteiger partial charge < -0.3 is 25.7 Å². The molecule has 4 aromatic rings. The number of aromatic nitrogens is 4. The second kappa shape index (κ2) is 11.1. The lowest BCUT2D eigenvalue weighted by molar-refractivity contribution is 0.0987. The van der Waals surface area contributed by atoms with Crippen molar-refractivity contribution in [3.05, 3.63) is 66.2 Å². The van der Waals surface area contributed by atoms with E-state index in [9.17, 15) is 4.79 Å². The Morgan fingerprint density at radius 3 is 2.85 bits per heavy atom. The van der Waals surface area contributed by atoms with Crippen molar-refractivity contribution in [2.45, 2.75) is 38.4 Å². The van der Waals surface area contributed by atoms with Crippen LogP contribution in [0.5, 0.6) is 0 Å². The van der Waals surface area contributed by atoms with Crippen LogP contribution in [0.25, 0.3) is 22.3 Å². The lowest BCUT2D eigenvalue weighted by Crippen LogP contribution is -2.44. The summed E-state index contributed by atoms with van der Waals surface area (Å²) in [7, 11) is 0. The number of nitrogens with zero attached hydrogens (tertiary/aromatic N) is 5. The Labute approximate surface area is 227 Å². The van der Waals surface area contributed by atoms with Crippen molar-refractivity contribution < 1.29 is 9.53 Å². The number of anilines is 2. The van der Waals surface area contributed by atoms with Gasteiger partial charge in [0.2, 0.25) is 0 Å². The number of carbonyl (C=O) groups excluding carboxylic acids is 1. The first-order chi connectivity index (χ1) is 19.0. The van der Waals surface area contributed by atoms with Gasteiger partial charge in [-0.05, 0) is 67.8 Å².